The quantitative estimate of drug-likeness (QED) is 0.734. The van der Waals surface area contributed by atoms with Gasteiger partial charge in [-0.15, -0.1) is 0 Å². The van der Waals surface area contributed by atoms with E-state index in [0.29, 0.717) is 30.1 Å². The average molecular weight is 380 g/mol. The molecule has 0 spiro atoms. The van der Waals surface area contributed by atoms with Gasteiger partial charge in [-0.2, -0.15) is 0 Å². The Morgan fingerprint density at radius 2 is 1.85 bits per heavy atom. The number of benzene rings is 1. The zero-order valence-corrected chi connectivity index (χ0v) is 16.5. The summed E-state index contributed by atoms with van der Waals surface area (Å²) in [5.41, 5.74) is -0.0457. The van der Waals surface area contributed by atoms with E-state index in [-0.39, 0.29) is 10.8 Å². The first-order valence-corrected chi connectivity index (χ1v) is 10.8. The van der Waals surface area contributed by atoms with Gasteiger partial charge in [0.1, 0.15) is 0 Å². The summed E-state index contributed by atoms with van der Waals surface area (Å²) >= 11 is 0. The molecule has 0 saturated carbocycles. The summed E-state index contributed by atoms with van der Waals surface area (Å²) in [6.45, 7) is 5.38. The van der Waals surface area contributed by atoms with E-state index in [2.05, 4.69) is 15.4 Å². The summed E-state index contributed by atoms with van der Waals surface area (Å²) in [5.74, 6) is 0.359. The van der Waals surface area contributed by atoms with Gasteiger partial charge in [0, 0.05) is 29.7 Å². The Bertz CT molecular complexity index is 758. The van der Waals surface area contributed by atoms with Gasteiger partial charge in [0.2, 0.25) is 15.9 Å². The van der Waals surface area contributed by atoms with Crippen LogP contribution in [0.4, 0.5) is 5.69 Å². The molecule has 2 unspecified atom stereocenters. The van der Waals surface area contributed by atoms with Crippen LogP contribution in [0.1, 0.15) is 52.9 Å². The maximum absolute atomic E-state index is 12.5. The summed E-state index contributed by atoms with van der Waals surface area (Å²) in [4.78, 5) is 12.6. The van der Waals surface area contributed by atoms with Crippen molar-refractivity contribution in [2.45, 2.75) is 75.4 Å². The Morgan fingerprint density at radius 1 is 1.19 bits per heavy atom. The lowest BCUT2D eigenvalue weighted by Gasteiger charge is -2.28. The SMILES string of the molecule is CC(C)(C)NS(=O)(=O)c1cccc(NC(=O)CC2CC3CCC(C2)N3)c1. The Labute approximate surface area is 156 Å². The van der Waals surface area contributed by atoms with E-state index in [0.717, 1.165) is 12.8 Å². The van der Waals surface area contributed by atoms with Gasteiger partial charge in [0.25, 0.3) is 0 Å². The van der Waals surface area contributed by atoms with E-state index in [1.807, 2.05) is 0 Å². The Kier molecular flexibility index (Phi) is 5.42. The molecule has 1 amide bonds. The molecule has 2 atom stereocenters. The van der Waals surface area contributed by atoms with Gasteiger partial charge in [0.05, 0.1) is 4.90 Å². The first-order valence-electron chi connectivity index (χ1n) is 9.31. The Morgan fingerprint density at radius 3 is 2.46 bits per heavy atom. The zero-order valence-electron chi connectivity index (χ0n) is 15.7. The number of carbonyl (C=O) groups is 1. The van der Waals surface area contributed by atoms with Crippen molar-refractivity contribution < 1.29 is 13.2 Å². The molecule has 0 aromatic heterocycles. The van der Waals surface area contributed by atoms with Gasteiger partial charge in [0.15, 0.2) is 0 Å². The van der Waals surface area contributed by atoms with Gasteiger partial charge in [-0.25, -0.2) is 13.1 Å². The van der Waals surface area contributed by atoms with E-state index in [1.54, 1.807) is 32.9 Å². The molecule has 2 saturated heterocycles. The number of sulfonamides is 1. The van der Waals surface area contributed by atoms with Gasteiger partial charge < -0.3 is 10.6 Å². The highest BCUT2D eigenvalue weighted by atomic mass is 32.2. The Balaban J connectivity index is 1.62. The van der Waals surface area contributed by atoms with Crippen LogP contribution in [-0.4, -0.2) is 31.9 Å². The van der Waals surface area contributed by atoms with Crippen molar-refractivity contribution in [1.29, 1.82) is 0 Å². The third-order valence-corrected chi connectivity index (χ3v) is 6.67. The smallest absolute Gasteiger partial charge is 0.241 e. The molecule has 1 aromatic rings. The number of nitrogens with one attached hydrogen (secondary N) is 3. The second-order valence-corrected chi connectivity index (χ2v) is 10.3. The first-order chi connectivity index (χ1) is 12.1. The third kappa shape index (κ3) is 5.05. The van der Waals surface area contributed by atoms with Crippen LogP contribution < -0.4 is 15.4 Å². The fourth-order valence-electron chi connectivity index (χ4n) is 4.02. The van der Waals surface area contributed by atoms with Gasteiger partial charge >= 0.3 is 0 Å². The summed E-state index contributed by atoms with van der Waals surface area (Å²) in [7, 11) is -3.62. The molecule has 2 bridgehead atoms. The maximum atomic E-state index is 12.5. The van der Waals surface area contributed by atoms with Crippen LogP contribution >= 0.6 is 0 Å². The number of hydrogen-bond acceptors (Lipinski definition) is 4. The highest BCUT2D eigenvalue weighted by Crippen LogP contribution is 2.32. The van der Waals surface area contributed by atoms with Crippen LogP contribution in [0.15, 0.2) is 29.2 Å². The first kappa shape index (κ1) is 19.3. The highest BCUT2D eigenvalue weighted by molar-refractivity contribution is 7.89. The highest BCUT2D eigenvalue weighted by Gasteiger charge is 2.34. The minimum absolute atomic E-state index is 0.0466. The van der Waals surface area contributed by atoms with E-state index < -0.39 is 15.6 Å². The summed E-state index contributed by atoms with van der Waals surface area (Å²) in [6.07, 6.45) is 5.01. The molecule has 7 heteroatoms. The lowest BCUT2D eigenvalue weighted by atomic mass is 9.89. The summed E-state index contributed by atoms with van der Waals surface area (Å²) < 4.78 is 27.5. The second kappa shape index (κ2) is 7.29. The lowest BCUT2D eigenvalue weighted by molar-refractivity contribution is -0.117. The number of amides is 1. The van der Waals surface area contributed by atoms with E-state index >= 15 is 0 Å². The second-order valence-electron chi connectivity index (χ2n) is 8.61. The standard InChI is InChI=1S/C19H29N3O3S/c1-19(2,3)22-26(24,25)17-6-4-5-14(12-17)21-18(23)11-13-9-15-7-8-16(10-13)20-15/h4-6,12-13,15-16,20,22H,7-11H2,1-3H3,(H,21,23). The largest absolute Gasteiger partial charge is 0.326 e. The van der Waals surface area contributed by atoms with Crippen LogP contribution in [0.2, 0.25) is 0 Å². The molecule has 2 fully saturated rings. The summed E-state index contributed by atoms with van der Waals surface area (Å²) in [5, 5.41) is 6.44. The van der Waals surface area contributed by atoms with Crippen molar-refractivity contribution in [1.82, 2.24) is 10.0 Å². The predicted octanol–water partition coefficient (Wildman–Crippen LogP) is 2.62. The van der Waals surface area contributed by atoms with E-state index in [4.69, 9.17) is 0 Å². The Hall–Kier alpha value is -1.44. The molecule has 2 heterocycles. The van der Waals surface area contributed by atoms with Crippen molar-refractivity contribution in [2.24, 2.45) is 5.92 Å². The molecule has 2 aliphatic rings. The van der Waals surface area contributed by atoms with Crippen molar-refractivity contribution in [3.05, 3.63) is 24.3 Å². The van der Waals surface area contributed by atoms with Crippen LogP contribution in [0.25, 0.3) is 0 Å². The molecule has 2 aliphatic heterocycles. The number of fused-ring (bicyclic) bond motifs is 2. The normalized spacial score (nSPS) is 25.9. The fraction of sp³-hybridized carbons (Fsp3) is 0.632. The van der Waals surface area contributed by atoms with Crippen LogP contribution in [0, 0.1) is 5.92 Å². The van der Waals surface area contributed by atoms with Crippen molar-refractivity contribution in [2.75, 3.05) is 5.32 Å². The van der Waals surface area contributed by atoms with Crippen molar-refractivity contribution >= 4 is 21.6 Å². The average Bonchev–Trinajstić information content (AvgIpc) is 2.84. The zero-order chi connectivity index (χ0) is 18.9. The molecule has 26 heavy (non-hydrogen) atoms. The number of hydrogen-bond donors (Lipinski definition) is 3. The molecule has 6 nitrogen and oxygen atoms in total. The van der Waals surface area contributed by atoms with E-state index in [1.165, 1.54) is 25.0 Å². The topological polar surface area (TPSA) is 87.3 Å². The molecule has 1 aromatic carbocycles. The van der Waals surface area contributed by atoms with Gasteiger partial charge in [-0.05, 0) is 70.6 Å². The molecule has 3 rings (SSSR count). The van der Waals surface area contributed by atoms with Crippen LogP contribution in [0.5, 0.6) is 0 Å². The molecule has 0 radical (unpaired) electrons. The van der Waals surface area contributed by atoms with Gasteiger partial charge in [-0.1, -0.05) is 6.07 Å². The molecule has 3 N–H and O–H groups in total. The lowest BCUT2D eigenvalue weighted by Crippen LogP contribution is -2.40. The number of carbonyl (C=O) groups excluding carboxylic acids is 1. The molecular formula is C19H29N3O3S. The number of piperidine rings is 1. The monoisotopic (exact) mass is 379 g/mol. The van der Waals surface area contributed by atoms with Crippen molar-refractivity contribution in [3.63, 3.8) is 0 Å². The fourth-order valence-corrected chi connectivity index (χ4v) is 5.48. The molecule has 0 aliphatic carbocycles. The van der Waals surface area contributed by atoms with Gasteiger partial charge in [-0.3, -0.25) is 4.79 Å². The van der Waals surface area contributed by atoms with E-state index in [9.17, 15) is 13.2 Å². The van der Waals surface area contributed by atoms with Crippen LogP contribution in [0.3, 0.4) is 0 Å². The van der Waals surface area contributed by atoms with Crippen molar-refractivity contribution in [3.8, 4) is 0 Å². The van der Waals surface area contributed by atoms with Crippen LogP contribution in [-0.2, 0) is 14.8 Å². The summed E-state index contributed by atoms with van der Waals surface area (Å²) in [6, 6.07) is 7.54. The minimum Gasteiger partial charge on any atom is -0.326 e. The molecule has 144 valence electrons. The maximum Gasteiger partial charge on any atom is 0.241 e. The predicted molar refractivity (Wildman–Crippen MR) is 102 cm³/mol. The third-order valence-electron chi connectivity index (χ3n) is 4.91. The number of rotatable bonds is 5. The minimum atomic E-state index is -3.62. The molecular weight excluding hydrogens is 350 g/mol. The number of anilines is 1.